The lowest BCUT2D eigenvalue weighted by Gasteiger charge is -2.25. The average Bonchev–Trinajstić information content (AvgIpc) is 3.36. The third-order valence-electron chi connectivity index (χ3n) is 5.88. The Kier molecular flexibility index (Phi) is 3.28. The van der Waals surface area contributed by atoms with Gasteiger partial charge >= 0.3 is 5.69 Å². The fourth-order valence-electron chi connectivity index (χ4n) is 4.54. The Bertz CT molecular complexity index is 1090. The van der Waals surface area contributed by atoms with Crippen LogP contribution in [0.5, 0.6) is 0 Å². The summed E-state index contributed by atoms with van der Waals surface area (Å²) in [6.45, 7) is 2.02. The van der Waals surface area contributed by atoms with Crippen LogP contribution in [0.4, 0.5) is 5.69 Å². The molecule has 0 radical (unpaired) electrons. The number of imidazole rings is 1. The minimum Gasteiger partial charge on any atom is -0.368 e. The van der Waals surface area contributed by atoms with E-state index in [4.69, 9.17) is 0 Å². The Morgan fingerprint density at radius 2 is 2.00 bits per heavy atom. The highest BCUT2D eigenvalue weighted by molar-refractivity contribution is 5.74. The molecule has 8 nitrogen and oxygen atoms in total. The molecule has 134 valence electrons. The molecule has 0 bridgehead atoms. The minimum absolute atomic E-state index is 0.344. The molecule has 2 N–H and O–H groups in total. The molecule has 2 fully saturated rings. The summed E-state index contributed by atoms with van der Waals surface area (Å²) in [7, 11) is 0. The SMILES string of the molecule is O=c1[nH]cc(-c2cc(N3CCC4(CCCC4)C3)c3nccn3n2)c(=O)[nH]1. The molecular weight excluding hydrogens is 332 g/mol. The van der Waals surface area contributed by atoms with Crippen LogP contribution in [0.3, 0.4) is 0 Å². The normalized spacial score (nSPS) is 19.0. The van der Waals surface area contributed by atoms with Crippen LogP contribution in [-0.2, 0) is 0 Å². The average molecular weight is 352 g/mol. The first-order valence-corrected chi connectivity index (χ1v) is 9.05. The molecule has 3 aromatic rings. The number of aromatic amines is 2. The van der Waals surface area contributed by atoms with Crippen molar-refractivity contribution in [3.05, 3.63) is 45.5 Å². The third kappa shape index (κ3) is 2.36. The molecule has 0 aromatic carbocycles. The van der Waals surface area contributed by atoms with Gasteiger partial charge in [0.25, 0.3) is 5.56 Å². The van der Waals surface area contributed by atoms with Gasteiger partial charge in [0.2, 0.25) is 0 Å². The topological polar surface area (TPSA) is 99.2 Å². The third-order valence-corrected chi connectivity index (χ3v) is 5.88. The maximum Gasteiger partial charge on any atom is 0.325 e. The summed E-state index contributed by atoms with van der Waals surface area (Å²) >= 11 is 0. The molecule has 2 aliphatic rings. The van der Waals surface area contributed by atoms with Gasteiger partial charge in [-0.05, 0) is 30.7 Å². The molecule has 26 heavy (non-hydrogen) atoms. The van der Waals surface area contributed by atoms with E-state index in [0.29, 0.717) is 16.7 Å². The van der Waals surface area contributed by atoms with E-state index in [-0.39, 0.29) is 0 Å². The number of hydrogen-bond acceptors (Lipinski definition) is 5. The lowest BCUT2D eigenvalue weighted by atomic mass is 9.86. The predicted molar refractivity (Wildman–Crippen MR) is 97.4 cm³/mol. The summed E-state index contributed by atoms with van der Waals surface area (Å²) in [6.07, 6.45) is 11.4. The van der Waals surface area contributed by atoms with Crippen LogP contribution < -0.4 is 16.1 Å². The molecular formula is C18H20N6O2. The molecule has 3 aromatic heterocycles. The second-order valence-corrected chi connectivity index (χ2v) is 7.47. The fourth-order valence-corrected chi connectivity index (χ4v) is 4.54. The largest absolute Gasteiger partial charge is 0.368 e. The van der Waals surface area contributed by atoms with Gasteiger partial charge in [-0.2, -0.15) is 5.10 Å². The molecule has 1 aliphatic carbocycles. The standard InChI is InChI=1S/C18H20N6O2/c25-16-12(10-20-17(26)21-16)13-9-14(15-19-6-8-24(15)22-13)23-7-5-18(11-23)3-1-2-4-18/h6,8-10H,1-5,7,11H2,(H2,20,21,25,26). The van der Waals surface area contributed by atoms with Gasteiger partial charge < -0.3 is 9.88 Å². The summed E-state index contributed by atoms with van der Waals surface area (Å²) in [5.41, 5.74) is 2.12. The Hall–Kier alpha value is -2.90. The van der Waals surface area contributed by atoms with E-state index in [1.807, 2.05) is 6.07 Å². The fraction of sp³-hybridized carbons (Fsp3) is 0.444. The van der Waals surface area contributed by atoms with E-state index in [0.717, 1.165) is 24.4 Å². The zero-order valence-electron chi connectivity index (χ0n) is 14.4. The Morgan fingerprint density at radius 1 is 1.15 bits per heavy atom. The lowest BCUT2D eigenvalue weighted by molar-refractivity contribution is 0.341. The van der Waals surface area contributed by atoms with Gasteiger partial charge in [-0.25, -0.2) is 14.3 Å². The molecule has 1 spiro atoms. The summed E-state index contributed by atoms with van der Waals surface area (Å²) in [5.74, 6) is 0. The molecule has 5 rings (SSSR count). The lowest BCUT2D eigenvalue weighted by Crippen LogP contribution is -2.26. The van der Waals surface area contributed by atoms with E-state index < -0.39 is 11.2 Å². The van der Waals surface area contributed by atoms with Gasteiger partial charge in [0.15, 0.2) is 5.65 Å². The first kappa shape index (κ1) is 15.4. The molecule has 1 saturated carbocycles. The molecule has 1 aliphatic heterocycles. The van der Waals surface area contributed by atoms with E-state index in [1.54, 1.807) is 16.9 Å². The highest BCUT2D eigenvalue weighted by atomic mass is 16.2. The Morgan fingerprint density at radius 3 is 2.81 bits per heavy atom. The van der Waals surface area contributed by atoms with Crippen LogP contribution in [0.2, 0.25) is 0 Å². The van der Waals surface area contributed by atoms with Gasteiger partial charge in [0.05, 0.1) is 11.3 Å². The smallest absolute Gasteiger partial charge is 0.325 e. The first-order valence-electron chi connectivity index (χ1n) is 9.05. The number of fused-ring (bicyclic) bond motifs is 1. The quantitative estimate of drug-likeness (QED) is 0.729. The van der Waals surface area contributed by atoms with Crippen LogP contribution in [0.15, 0.2) is 34.2 Å². The predicted octanol–water partition coefficient (Wildman–Crippen LogP) is 1.54. The van der Waals surface area contributed by atoms with E-state index >= 15 is 0 Å². The van der Waals surface area contributed by atoms with Gasteiger partial charge in [-0.3, -0.25) is 9.78 Å². The summed E-state index contributed by atoms with van der Waals surface area (Å²) in [6, 6.07) is 1.92. The maximum atomic E-state index is 12.2. The van der Waals surface area contributed by atoms with Gasteiger partial charge in [0.1, 0.15) is 5.69 Å². The summed E-state index contributed by atoms with van der Waals surface area (Å²) < 4.78 is 1.70. The minimum atomic E-state index is -0.523. The van der Waals surface area contributed by atoms with Crippen molar-refractivity contribution < 1.29 is 0 Å². The molecule has 0 unspecified atom stereocenters. The molecule has 4 heterocycles. The van der Waals surface area contributed by atoms with E-state index in [2.05, 4.69) is 25.0 Å². The number of nitrogens with zero attached hydrogens (tertiary/aromatic N) is 4. The summed E-state index contributed by atoms with van der Waals surface area (Å²) in [5, 5.41) is 4.50. The van der Waals surface area contributed by atoms with Crippen LogP contribution >= 0.6 is 0 Å². The van der Waals surface area contributed by atoms with Crippen LogP contribution in [0.25, 0.3) is 16.9 Å². The number of nitrogens with one attached hydrogen (secondary N) is 2. The van der Waals surface area contributed by atoms with Crippen molar-refractivity contribution in [2.75, 3.05) is 18.0 Å². The number of anilines is 1. The van der Waals surface area contributed by atoms with Crippen molar-refractivity contribution >= 4 is 11.3 Å². The molecule has 0 amide bonds. The van der Waals surface area contributed by atoms with Crippen molar-refractivity contribution in [1.29, 1.82) is 0 Å². The van der Waals surface area contributed by atoms with Gasteiger partial charge in [-0.1, -0.05) is 12.8 Å². The first-order chi connectivity index (χ1) is 12.6. The molecule has 8 heteroatoms. The van der Waals surface area contributed by atoms with Crippen LogP contribution in [0, 0.1) is 5.41 Å². The van der Waals surface area contributed by atoms with E-state index in [1.165, 1.54) is 38.3 Å². The van der Waals surface area contributed by atoms with Crippen molar-refractivity contribution in [3.8, 4) is 11.3 Å². The van der Waals surface area contributed by atoms with Gasteiger partial charge in [0, 0.05) is 31.7 Å². The molecule has 1 saturated heterocycles. The second kappa shape index (κ2) is 5.55. The van der Waals surface area contributed by atoms with Gasteiger partial charge in [-0.15, -0.1) is 0 Å². The second-order valence-electron chi connectivity index (χ2n) is 7.47. The van der Waals surface area contributed by atoms with Crippen LogP contribution in [-0.4, -0.2) is 37.7 Å². The van der Waals surface area contributed by atoms with Crippen molar-refractivity contribution in [1.82, 2.24) is 24.6 Å². The van der Waals surface area contributed by atoms with Crippen LogP contribution in [0.1, 0.15) is 32.1 Å². The zero-order valence-corrected chi connectivity index (χ0v) is 14.4. The Balaban J connectivity index is 1.62. The maximum absolute atomic E-state index is 12.2. The highest BCUT2D eigenvalue weighted by Gasteiger charge is 2.40. The number of H-pyrrole nitrogens is 2. The number of hydrogen-bond donors (Lipinski definition) is 2. The monoisotopic (exact) mass is 352 g/mol. The number of aromatic nitrogens is 5. The Labute approximate surface area is 148 Å². The van der Waals surface area contributed by atoms with Crippen molar-refractivity contribution in [2.45, 2.75) is 32.1 Å². The van der Waals surface area contributed by atoms with Crippen molar-refractivity contribution in [2.24, 2.45) is 5.41 Å². The van der Waals surface area contributed by atoms with E-state index in [9.17, 15) is 9.59 Å². The zero-order chi connectivity index (χ0) is 17.7. The highest BCUT2D eigenvalue weighted by Crippen LogP contribution is 2.46. The number of rotatable bonds is 2. The summed E-state index contributed by atoms with van der Waals surface area (Å²) in [4.78, 5) is 35.1. The molecule has 0 atom stereocenters. The van der Waals surface area contributed by atoms with Crippen molar-refractivity contribution in [3.63, 3.8) is 0 Å².